The molecule has 4 nitrogen and oxygen atoms in total. The number of carbonyl (C=O) groups is 2. The van der Waals surface area contributed by atoms with Gasteiger partial charge in [-0.3, -0.25) is 4.79 Å². The molecule has 108 valence electrons. The molecule has 1 atom stereocenters. The number of rotatable bonds is 4. The van der Waals surface area contributed by atoms with Crippen molar-refractivity contribution in [3.05, 3.63) is 34.9 Å². The van der Waals surface area contributed by atoms with Gasteiger partial charge in [0.25, 0.3) is 0 Å². The van der Waals surface area contributed by atoms with Crippen LogP contribution in [0.15, 0.2) is 18.2 Å². The predicted octanol–water partition coefficient (Wildman–Crippen LogP) is 2.71. The van der Waals surface area contributed by atoms with E-state index in [1.165, 1.54) is 0 Å². The molecule has 0 bridgehead atoms. The fraction of sp³-hybridized carbons (Fsp3) is 0.500. The Morgan fingerprint density at radius 2 is 2.15 bits per heavy atom. The first kappa shape index (κ1) is 14.6. The largest absolute Gasteiger partial charge is 0.478 e. The van der Waals surface area contributed by atoms with Crippen molar-refractivity contribution in [2.75, 3.05) is 6.54 Å². The molecule has 2 rings (SSSR count). The Morgan fingerprint density at radius 1 is 1.40 bits per heavy atom. The molecule has 1 heterocycles. The Morgan fingerprint density at radius 3 is 2.80 bits per heavy atom. The third kappa shape index (κ3) is 2.84. The van der Waals surface area contributed by atoms with Crippen LogP contribution >= 0.6 is 0 Å². The topological polar surface area (TPSA) is 57.6 Å². The van der Waals surface area contributed by atoms with E-state index in [1.54, 1.807) is 12.1 Å². The maximum absolute atomic E-state index is 12.3. The summed E-state index contributed by atoms with van der Waals surface area (Å²) in [5, 5.41) is 9.19. The Hall–Kier alpha value is -1.84. The lowest BCUT2D eigenvalue weighted by molar-refractivity contribution is -0.136. The zero-order valence-electron chi connectivity index (χ0n) is 12.1. The Kier molecular flexibility index (Phi) is 4.42. The van der Waals surface area contributed by atoms with E-state index < -0.39 is 5.97 Å². The van der Waals surface area contributed by atoms with Crippen molar-refractivity contribution in [2.24, 2.45) is 5.92 Å². The number of carboxylic acid groups (broad SMARTS) is 1. The maximum Gasteiger partial charge on any atom is 0.335 e. The summed E-state index contributed by atoms with van der Waals surface area (Å²) in [6.45, 7) is 5.19. The molecule has 1 amide bonds. The van der Waals surface area contributed by atoms with E-state index in [1.807, 2.05) is 17.9 Å². The first-order valence-electron chi connectivity index (χ1n) is 7.17. The second-order valence-corrected chi connectivity index (χ2v) is 5.45. The van der Waals surface area contributed by atoms with Gasteiger partial charge in [-0.05, 0) is 30.0 Å². The van der Waals surface area contributed by atoms with Gasteiger partial charge in [0.05, 0.1) is 5.56 Å². The maximum atomic E-state index is 12.3. The predicted molar refractivity (Wildman–Crippen MR) is 76.6 cm³/mol. The van der Waals surface area contributed by atoms with E-state index >= 15 is 0 Å². The van der Waals surface area contributed by atoms with Gasteiger partial charge in [0.1, 0.15) is 0 Å². The molecule has 0 saturated carbocycles. The normalized spacial score (nSPS) is 15.6. The van der Waals surface area contributed by atoms with Crippen molar-refractivity contribution < 1.29 is 14.7 Å². The van der Waals surface area contributed by atoms with Gasteiger partial charge in [-0.25, -0.2) is 4.79 Å². The minimum Gasteiger partial charge on any atom is -0.478 e. The number of benzene rings is 1. The standard InChI is InChI=1S/C16H21NO3/c1-3-5-11(2)15(18)17-9-8-13-12(10-17)6-4-7-14(13)16(19)20/h4,6-7,11H,3,5,8-10H2,1-2H3,(H,19,20). The summed E-state index contributed by atoms with van der Waals surface area (Å²) in [6.07, 6.45) is 2.53. The number of carboxylic acids is 1. The van der Waals surface area contributed by atoms with Crippen molar-refractivity contribution in [1.82, 2.24) is 4.90 Å². The zero-order chi connectivity index (χ0) is 14.7. The van der Waals surface area contributed by atoms with Crippen LogP contribution < -0.4 is 0 Å². The van der Waals surface area contributed by atoms with E-state index in [4.69, 9.17) is 0 Å². The number of hydrogen-bond donors (Lipinski definition) is 1. The third-order valence-corrected chi connectivity index (χ3v) is 3.95. The van der Waals surface area contributed by atoms with Crippen LogP contribution in [0.5, 0.6) is 0 Å². The number of fused-ring (bicyclic) bond motifs is 1. The van der Waals surface area contributed by atoms with Crippen LogP contribution in [0.3, 0.4) is 0 Å². The molecular weight excluding hydrogens is 254 g/mol. The highest BCUT2D eigenvalue weighted by molar-refractivity contribution is 5.90. The number of hydrogen-bond acceptors (Lipinski definition) is 2. The van der Waals surface area contributed by atoms with E-state index in [-0.39, 0.29) is 11.8 Å². The summed E-state index contributed by atoms with van der Waals surface area (Å²) in [5.74, 6) is -0.664. The van der Waals surface area contributed by atoms with Crippen LogP contribution in [0.4, 0.5) is 0 Å². The quantitative estimate of drug-likeness (QED) is 0.919. The summed E-state index contributed by atoms with van der Waals surface area (Å²) in [4.78, 5) is 25.4. The highest BCUT2D eigenvalue weighted by Crippen LogP contribution is 2.24. The van der Waals surface area contributed by atoms with Gasteiger partial charge in [-0.15, -0.1) is 0 Å². The smallest absolute Gasteiger partial charge is 0.335 e. The zero-order valence-corrected chi connectivity index (χ0v) is 12.1. The molecule has 1 aliphatic rings. The van der Waals surface area contributed by atoms with Crippen LogP contribution in [0.2, 0.25) is 0 Å². The molecule has 1 unspecified atom stereocenters. The summed E-state index contributed by atoms with van der Waals surface area (Å²) in [7, 11) is 0. The second kappa shape index (κ2) is 6.07. The van der Waals surface area contributed by atoms with Crippen LogP contribution in [-0.4, -0.2) is 28.4 Å². The lowest BCUT2D eigenvalue weighted by Crippen LogP contribution is -2.39. The molecule has 1 aliphatic heterocycles. The molecule has 0 aliphatic carbocycles. The molecule has 0 spiro atoms. The highest BCUT2D eigenvalue weighted by Gasteiger charge is 2.26. The number of nitrogens with zero attached hydrogens (tertiary/aromatic N) is 1. The molecule has 4 heteroatoms. The van der Waals surface area contributed by atoms with Crippen molar-refractivity contribution in [3.63, 3.8) is 0 Å². The molecule has 0 radical (unpaired) electrons. The molecule has 0 aromatic heterocycles. The lowest BCUT2D eigenvalue weighted by atomic mass is 9.93. The minimum absolute atomic E-state index is 0.0456. The monoisotopic (exact) mass is 275 g/mol. The summed E-state index contributed by atoms with van der Waals surface area (Å²) >= 11 is 0. The van der Waals surface area contributed by atoms with Crippen LogP contribution in [0.1, 0.15) is 48.2 Å². The van der Waals surface area contributed by atoms with Crippen molar-refractivity contribution in [1.29, 1.82) is 0 Å². The van der Waals surface area contributed by atoms with Gasteiger partial charge in [-0.2, -0.15) is 0 Å². The summed E-state index contributed by atoms with van der Waals surface area (Å²) < 4.78 is 0. The Balaban J connectivity index is 2.18. The average Bonchev–Trinajstić information content (AvgIpc) is 2.45. The Bertz CT molecular complexity index is 524. The fourth-order valence-corrected chi connectivity index (χ4v) is 2.87. The first-order chi connectivity index (χ1) is 9.54. The number of carbonyl (C=O) groups excluding carboxylic acids is 1. The van der Waals surface area contributed by atoms with Gasteiger partial charge in [0, 0.05) is 19.0 Å². The summed E-state index contributed by atoms with van der Waals surface area (Å²) in [5.41, 5.74) is 2.22. The van der Waals surface area contributed by atoms with E-state index in [0.717, 1.165) is 24.0 Å². The van der Waals surface area contributed by atoms with Crippen LogP contribution in [0.25, 0.3) is 0 Å². The molecule has 0 fully saturated rings. The molecule has 0 saturated heterocycles. The number of amides is 1. The van der Waals surface area contributed by atoms with Gasteiger partial charge in [0.15, 0.2) is 0 Å². The van der Waals surface area contributed by atoms with Gasteiger partial charge < -0.3 is 10.0 Å². The van der Waals surface area contributed by atoms with Gasteiger partial charge in [0.2, 0.25) is 5.91 Å². The van der Waals surface area contributed by atoms with Crippen molar-refractivity contribution in [3.8, 4) is 0 Å². The molecule has 1 N–H and O–H groups in total. The van der Waals surface area contributed by atoms with Gasteiger partial charge >= 0.3 is 5.97 Å². The van der Waals surface area contributed by atoms with Crippen molar-refractivity contribution >= 4 is 11.9 Å². The fourth-order valence-electron chi connectivity index (χ4n) is 2.87. The lowest BCUT2D eigenvalue weighted by Gasteiger charge is -2.31. The van der Waals surface area contributed by atoms with Crippen molar-refractivity contribution in [2.45, 2.75) is 39.7 Å². The Labute approximate surface area is 119 Å². The minimum atomic E-state index is -0.888. The molecule has 20 heavy (non-hydrogen) atoms. The van der Waals surface area contributed by atoms with E-state index in [2.05, 4.69) is 6.92 Å². The first-order valence-corrected chi connectivity index (χ1v) is 7.17. The van der Waals surface area contributed by atoms with E-state index in [9.17, 15) is 14.7 Å². The molecule has 1 aromatic rings. The van der Waals surface area contributed by atoms with E-state index in [0.29, 0.717) is 25.1 Å². The summed E-state index contributed by atoms with van der Waals surface area (Å²) in [6, 6.07) is 5.32. The molecular formula is C16H21NO3. The van der Waals surface area contributed by atoms with Crippen LogP contribution in [0, 0.1) is 5.92 Å². The number of aromatic carboxylic acids is 1. The SMILES string of the molecule is CCCC(C)C(=O)N1CCc2c(cccc2C(=O)O)C1. The second-order valence-electron chi connectivity index (χ2n) is 5.45. The highest BCUT2D eigenvalue weighted by atomic mass is 16.4. The third-order valence-electron chi connectivity index (χ3n) is 3.95. The van der Waals surface area contributed by atoms with Crippen LogP contribution in [-0.2, 0) is 17.8 Å². The van der Waals surface area contributed by atoms with Gasteiger partial charge in [-0.1, -0.05) is 32.4 Å². The average molecular weight is 275 g/mol. The molecule has 1 aromatic carbocycles.